The van der Waals surface area contributed by atoms with Crippen LogP contribution in [0.4, 0.5) is 11.6 Å². The number of hydrogen-bond donors (Lipinski definition) is 2. The van der Waals surface area contributed by atoms with Crippen LogP contribution in [-0.4, -0.2) is 23.1 Å². The van der Waals surface area contributed by atoms with E-state index >= 15 is 0 Å². The molecule has 0 amide bonds. The zero-order chi connectivity index (χ0) is 13.9. The Labute approximate surface area is 121 Å². The largest absolute Gasteiger partial charge is 0.370 e. The van der Waals surface area contributed by atoms with E-state index in [1.165, 1.54) is 25.7 Å². The second-order valence-electron chi connectivity index (χ2n) is 6.43. The Hall–Kier alpha value is -1.32. The number of rotatable bonds is 6. The maximum absolute atomic E-state index is 4.50. The second kappa shape index (κ2) is 5.98. The lowest BCUT2D eigenvalue weighted by atomic mass is 9.89. The van der Waals surface area contributed by atoms with Crippen molar-refractivity contribution in [3.8, 4) is 0 Å². The Morgan fingerprint density at radius 1 is 1.15 bits per heavy atom. The van der Waals surface area contributed by atoms with Crippen molar-refractivity contribution in [1.82, 2.24) is 9.97 Å². The number of nitrogens with one attached hydrogen (secondary N) is 2. The molecule has 2 bridgehead atoms. The first-order valence-electron chi connectivity index (χ1n) is 8.08. The van der Waals surface area contributed by atoms with E-state index < -0.39 is 0 Å². The first kappa shape index (κ1) is 13.7. The summed E-state index contributed by atoms with van der Waals surface area (Å²) < 4.78 is 0. The maximum Gasteiger partial charge on any atom is 0.131 e. The van der Waals surface area contributed by atoms with Gasteiger partial charge in [0.1, 0.15) is 17.5 Å². The van der Waals surface area contributed by atoms with Gasteiger partial charge in [0.2, 0.25) is 0 Å². The predicted octanol–water partition coefficient (Wildman–Crippen LogP) is 3.46. The Morgan fingerprint density at radius 3 is 2.60 bits per heavy atom. The molecular weight excluding hydrogens is 248 g/mol. The highest BCUT2D eigenvalue weighted by Crippen LogP contribution is 2.48. The van der Waals surface area contributed by atoms with Crippen molar-refractivity contribution in [3.05, 3.63) is 11.9 Å². The average molecular weight is 274 g/mol. The van der Waals surface area contributed by atoms with E-state index in [9.17, 15) is 0 Å². The van der Waals surface area contributed by atoms with Gasteiger partial charge in [0.15, 0.2) is 0 Å². The highest BCUT2D eigenvalue weighted by Gasteiger charge is 2.39. The van der Waals surface area contributed by atoms with Crippen LogP contribution >= 0.6 is 0 Å². The molecule has 1 aromatic heterocycles. The molecule has 3 rings (SSSR count). The van der Waals surface area contributed by atoms with Crippen molar-refractivity contribution < 1.29 is 0 Å². The van der Waals surface area contributed by atoms with Gasteiger partial charge >= 0.3 is 0 Å². The molecule has 2 fully saturated rings. The van der Waals surface area contributed by atoms with Crippen molar-refractivity contribution in [3.63, 3.8) is 0 Å². The van der Waals surface area contributed by atoms with Crippen molar-refractivity contribution in [1.29, 1.82) is 0 Å². The third kappa shape index (κ3) is 3.05. The number of nitrogens with zero attached hydrogens (tertiary/aromatic N) is 2. The quantitative estimate of drug-likeness (QED) is 0.834. The molecule has 20 heavy (non-hydrogen) atoms. The molecule has 1 aromatic rings. The molecule has 0 saturated heterocycles. The minimum atomic E-state index is 0.835. The van der Waals surface area contributed by atoms with Crippen LogP contribution in [0.2, 0.25) is 0 Å². The fourth-order valence-electron chi connectivity index (χ4n) is 3.86. The molecule has 2 saturated carbocycles. The summed E-state index contributed by atoms with van der Waals surface area (Å²) in [6.07, 6.45) is 6.92. The Balaban J connectivity index is 1.57. The van der Waals surface area contributed by atoms with Gasteiger partial charge in [-0.05, 0) is 50.4 Å². The minimum Gasteiger partial charge on any atom is -0.370 e. The van der Waals surface area contributed by atoms with Crippen LogP contribution in [0.5, 0.6) is 0 Å². The van der Waals surface area contributed by atoms with Crippen LogP contribution < -0.4 is 10.6 Å². The van der Waals surface area contributed by atoms with Gasteiger partial charge in [-0.1, -0.05) is 13.3 Å². The Bertz CT molecular complexity index is 460. The third-order valence-electron chi connectivity index (χ3n) is 4.82. The molecule has 4 nitrogen and oxygen atoms in total. The normalized spacial score (nSPS) is 27.8. The average Bonchev–Trinajstić information content (AvgIpc) is 3.05. The fourth-order valence-corrected chi connectivity index (χ4v) is 3.86. The summed E-state index contributed by atoms with van der Waals surface area (Å²) in [7, 11) is 0. The van der Waals surface area contributed by atoms with Crippen LogP contribution in [0.25, 0.3) is 0 Å². The molecule has 2 N–H and O–H groups in total. The topological polar surface area (TPSA) is 49.8 Å². The molecule has 0 radical (unpaired) electrons. The van der Waals surface area contributed by atoms with Crippen molar-refractivity contribution >= 4 is 11.6 Å². The summed E-state index contributed by atoms with van der Waals surface area (Å²) >= 11 is 0. The number of fused-ring (bicyclic) bond motifs is 2. The van der Waals surface area contributed by atoms with Gasteiger partial charge in [0, 0.05) is 19.2 Å². The predicted molar refractivity (Wildman–Crippen MR) is 83.0 cm³/mol. The Kier molecular flexibility index (Phi) is 4.08. The van der Waals surface area contributed by atoms with E-state index in [1.807, 2.05) is 13.0 Å². The van der Waals surface area contributed by atoms with E-state index in [1.54, 1.807) is 0 Å². The molecule has 3 atom stereocenters. The SMILES string of the molecule is CCCNc1cc(NCC2CC3CCC2C3)nc(C)n1. The standard InChI is InChI=1S/C16H26N4/c1-3-6-17-15-9-16(20-11(2)19-15)18-10-14-8-12-4-5-13(14)7-12/h9,12-14H,3-8,10H2,1-2H3,(H2,17,18,19,20). The number of aromatic nitrogens is 2. The third-order valence-corrected chi connectivity index (χ3v) is 4.82. The zero-order valence-corrected chi connectivity index (χ0v) is 12.7. The summed E-state index contributed by atoms with van der Waals surface area (Å²) in [6.45, 7) is 6.16. The van der Waals surface area contributed by atoms with Crippen LogP contribution in [0, 0.1) is 24.7 Å². The number of aryl methyl sites for hydroxylation is 1. The van der Waals surface area contributed by atoms with E-state index in [0.717, 1.165) is 54.7 Å². The summed E-state index contributed by atoms with van der Waals surface area (Å²) in [4.78, 5) is 8.93. The fraction of sp³-hybridized carbons (Fsp3) is 0.750. The van der Waals surface area contributed by atoms with E-state index in [2.05, 4.69) is 27.5 Å². The molecule has 4 heteroatoms. The van der Waals surface area contributed by atoms with Gasteiger partial charge in [-0.2, -0.15) is 0 Å². The molecule has 3 unspecified atom stereocenters. The highest BCUT2D eigenvalue weighted by atomic mass is 15.1. The molecule has 1 heterocycles. The summed E-state index contributed by atoms with van der Waals surface area (Å²) in [5, 5.41) is 6.88. The smallest absolute Gasteiger partial charge is 0.131 e. The summed E-state index contributed by atoms with van der Waals surface area (Å²) in [5.74, 6) is 5.58. The van der Waals surface area contributed by atoms with Crippen LogP contribution in [-0.2, 0) is 0 Å². The molecule has 110 valence electrons. The number of hydrogen-bond acceptors (Lipinski definition) is 4. The first-order valence-corrected chi connectivity index (χ1v) is 8.08. The van der Waals surface area contributed by atoms with E-state index in [-0.39, 0.29) is 0 Å². The first-order chi connectivity index (χ1) is 9.74. The summed E-state index contributed by atoms with van der Waals surface area (Å²) in [6, 6.07) is 2.04. The van der Waals surface area contributed by atoms with Crippen LogP contribution in [0.1, 0.15) is 44.9 Å². The zero-order valence-electron chi connectivity index (χ0n) is 12.7. The second-order valence-corrected chi connectivity index (χ2v) is 6.43. The van der Waals surface area contributed by atoms with Crippen LogP contribution in [0.15, 0.2) is 6.07 Å². The highest BCUT2D eigenvalue weighted by molar-refractivity contribution is 5.47. The minimum absolute atomic E-state index is 0.835. The van der Waals surface area contributed by atoms with Crippen molar-refractivity contribution in [2.24, 2.45) is 17.8 Å². The van der Waals surface area contributed by atoms with Gasteiger partial charge in [-0.15, -0.1) is 0 Å². The maximum atomic E-state index is 4.50. The van der Waals surface area contributed by atoms with Gasteiger partial charge in [-0.3, -0.25) is 0 Å². The van der Waals surface area contributed by atoms with Crippen molar-refractivity contribution in [2.75, 3.05) is 23.7 Å². The summed E-state index contributed by atoms with van der Waals surface area (Å²) in [5.41, 5.74) is 0. The molecule has 2 aliphatic carbocycles. The lowest BCUT2D eigenvalue weighted by Gasteiger charge is -2.22. The van der Waals surface area contributed by atoms with Crippen LogP contribution in [0.3, 0.4) is 0 Å². The molecule has 0 aliphatic heterocycles. The molecule has 2 aliphatic rings. The lowest BCUT2D eigenvalue weighted by molar-refractivity contribution is 0.348. The molecule has 0 spiro atoms. The van der Waals surface area contributed by atoms with E-state index in [4.69, 9.17) is 0 Å². The molecule has 0 aromatic carbocycles. The molecular formula is C16H26N4. The van der Waals surface area contributed by atoms with Gasteiger partial charge in [0.25, 0.3) is 0 Å². The van der Waals surface area contributed by atoms with Gasteiger partial charge in [0.05, 0.1) is 0 Å². The lowest BCUT2D eigenvalue weighted by Crippen LogP contribution is -2.20. The Morgan fingerprint density at radius 2 is 1.95 bits per heavy atom. The number of anilines is 2. The van der Waals surface area contributed by atoms with Crippen molar-refractivity contribution in [2.45, 2.75) is 46.0 Å². The van der Waals surface area contributed by atoms with Gasteiger partial charge in [-0.25, -0.2) is 9.97 Å². The van der Waals surface area contributed by atoms with Gasteiger partial charge < -0.3 is 10.6 Å². The van der Waals surface area contributed by atoms with E-state index in [0.29, 0.717) is 0 Å². The monoisotopic (exact) mass is 274 g/mol.